The molecule has 9 nitrogen and oxygen atoms in total. The van der Waals surface area contributed by atoms with Crippen molar-refractivity contribution >= 4 is 0 Å². The van der Waals surface area contributed by atoms with Crippen LogP contribution in [-0.4, -0.2) is 68.4 Å². The van der Waals surface area contributed by atoms with E-state index in [1.807, 2.05) is 0 Å². The number of ether oxygens (including phenoxy) is 3. The van der Waals surface area contributed by atoms with E-state index in [9.17, 15) is 15.3 Å². The van der Waals surface area contributed by atoms with Gasteiger partial charge in [-0.1, -0.05) is 0 Å². The summed E-state index contributed by atoms with van der Waals surface area (Å²) in [4.78, 5) is 11.6. The van der Waals surface area contributed by atoms with Crippen molar-refractivity contribution in [2.45, 2.75) is 39.1 Å². The van der Waals surface area contributed by atoms with Crippen molar-refractivity contribution in [1.82, 2.24) is 15.0 Å². The first-order chi connectivity index (χ1) is 9.86. The lowest BCUT2D eigenvalue weighted by Gasteiger charge is -2.11. The van der Waals surface area contributed by atoms with Crippen molar-refractivity contribution in [3.8, 4) is 18.0 Å². The summed E-state index contributed by atoms with van der Waals surface area (Å²) in [6.07, 6.45) is -2.07. The lowest BCUT2D eigenvalue weighted by atomic mass is 10.4. The van der Waals surface area contributed by atoms with Crippen LogP contribution >= 0.6 is 0 Å². The van der Waals surface area contributed by atoms with Gasteiger partial charge in [-0.2, -0.15) is 0 Å². The van der Waals surface area contributed by atoms with E-state index in [0.717, 1.165) is 0 Å². The molecule has 21 heavy (non-hydrogen) atoms. The first kappa shape index (κ1) is 17.3. The average molecular weight is 303 g/mol. The smallest absolute Gasteiger partial charge is 0.325 e. The summed E-state index contributed by atoms with van der Waals surface area (Å²) >= 11 is 0. The minimum atomic E-state index is -0.689. The van der Waals surface area contributed by atoms with E-state index in [2.05, 4.69) is 15.0 Å². The Morgan fingerprint density at radius 2 is 0.905 bits per heavy atom. The normalized spacial score (nSPS) is 15.1. The van der Waals surface area contributed by atoms with Gasteiger partial charge in [0, 0.05) is 0 Å². The van der Waals surface area contributed by atoms with Crippen molar-refractivity contribution in [2.24, 2.45) is 0 Å². The lowest BCUT2D eigenvalue weighted by molar-refractivity contribution is 0.0985. The van der Waals surface area contributed by atoms with Crippen molar-refractivity contribution in [1.29, 1.82) is 0 Å². The van der Waals surface area contributed by atoms with Gasteiger partial charge in [0.2, 0.25) is 0 Å². The maximum Gasteiger partial charge on any atom is 0.325 e. The Balaban J connectivity index is 2.79. The summed E-state index contributed by atoms with van der Waals surface area (Å²) in [5.41, 5.74) is 0. The van der Waals surface area contributed by atoms with Gasteiger partial charge in [-0.25, -0.2) is 0 Å². The maximum absolute atomic E-state index is 9.18. The largest absolute Gasteiger partial charge is 0.460 e. The first-order valence-corrected chi connectivity index (χ1v) is 6.55. The Morgan fingerprint density at radius 1 is 0.667 bits per heavy atom. The van der Waals surface area contributed by atoms with Crippen molar-refractivity contribution < 1.29 is 29.5 Å². The molecule has 9 heteroatoms. The fourth-order valence-corrected chi connectivity index (χ4v) is 1.10. The molecule has 1 heterocycles. The fourth-order valence-electron chi connectivity index (χ4n) is 1.10. The highest BCUT2D eigenvalue weighted by Gasteiger charge is 2.12. The number of aliphatic hydroxyl groups excluding tert-OH is 3. The van der Waals surface area contributed by atoms with E-state index in [1.165, 1.54) is 0 Å². The molecule has 1 rings (SSSR count). The summed E-state index contributed by atoms with van der Waals surface area (Å²) in [5.74, 6) is 0. The zero-order chi connectivity index (χ0) is 15.8. The monoisotopic (exact) mass is 303 g/mol. The number of nitrogens with zero attached hydrogens (tertiary/aromatic N) is 3. The molecule has 0 aliphatic rings. The molecule has 1 aromatic heterocycles. The van der Waals surface area contributed by atoms with Crippen LogP contribution in [0.15, 0.2) is 0 Å². The first-order valence-electron chi connectivity index (χ1n) is 6.55. The second-order valence-electron chi connectivity index (χ2n) is 4.66. The van der Waals surface area contributed by atoms with Crippen molar-refractivity contribution in [3.63, 3.8) is 0 Å². The van der Waals surface area contributed by atoms with E-state index >= 15 is 0 Å². The molecule has 0 aliphatic carbocycles. The molecule has 0 fully saturated rings. The summed E-state index contributed by atoms with van der Waals surface area (Å²) in [6, 6.07) is -0.230. The van der Waals surface area contributed by atoms with Gasteiger partial charge in [-0.3, -0.25) is 0 Å². The minimum absolute atomic E-state index is 0.00427. The molecule has 0 aromatic carbocycles. The van der Waals surface area contributed by atoms with Crippen LogP contribution in [0.1, 0.15) is 20.8 Å². The molecule has 3 atom stereocenters. The molecule has 0 saturated carbocycles. The van der Waals surface area contributed by atoms with Crippen molar-refractivity contribution in [3.05, 3.63) is 0 Å². The Kier molecular flexibility index (Phi) is 7.06. The van der Waals surface area contributed by atoms with Crippen molar-refractivity contribution in [2.75, 3.05) is 19.8 Å². The van der Waals surface area contributed by atoms with Gasteiger partial charge in [0.05, 0.1) is 18.3 Å². The van der Waals surface area contributed by atoms with Gasteiger partial charge in [0.15, 0.2) is 0 Å². The fraction of sp³-hybridized carbons (Fsp3) is 0.750. The summed E-state index contributed by atoms with van der Waals surface area (Å²) < 4.78 is 15.5. The molecule has 1 aromatic rings. The Morgan fingerprint density at radius 3 is 1.10 bits per heavy atom. The average Bonchev–Trinajstić information content (AvgIpc) is 2.40. The molecule has 0 amide bonds. The highest BCUT2D eigenvalue weighted by atomic mass is 16.5. The van der Waals surface area contributed by atoms with Crippen LogP contribution in [-0.2, 0) is 0 Å². The molecular formula is C12H21N3O6. The molecule has 3 N–H and O–H groups in total. The standard InChI is InChI=1S/C12H21N3O6/c1-7(16)4-19-10-13-11(20-5-8(2)17)15-12(14-10)21-6-9(3)18/h7-9,16-18H,4-6H2,1-3H3. The third kappa shape index (κ3) is 7.59. The second-order valence-corrected chi connectivity index (χ2v) is 4.66. The number of aromatic nitrogens is 3. The lowest BCUT2D eigenvalue weighted by Crippen LogP contribution is -2.18. The van der Waals surface area contributed by atoms with Gasteiger partial charge in [-0.15, -0.1) is 15.0 Å². The topological polar surface area (TPSA) is 127 Å². The maximum atomic E-state index is 9.18. The van der Waals surface area contributed by atoms with Gasteiger partial charge < -0.3 is 29.5 Å². The predicted molar refractivity (Wildman–Crippen MR) is 71.4 cm³/mol. The highest BCUT2D eigenvalue weighted by molar-refractivity contribution is 5.09. The zero-order valence-corrected chi connectivity index (χ0v) is 12.3. The summed E-state index contributed by atoms with van der Waals surface area (Å²) in [7, 11) is 0. The van der Waals surface area contributed by atoms with Gasteiger partial charge in [-0.05, 0) is 20.8 Å². The van der Waals surface area contributed by atoms with Crippen LogP contribution in [0.2, 0.25) is 0 Å². The molecule has 0 spiro atoms. The molecule has 0 saturated heterocycles. The zero-order valence-electron chi connectivity index (χ0n) is 12.3. The third-order valence-electron chi connectivity index (χ3n) is 1.93. The molecule has 3 unspecified atom stereocenters. The van der Waals surface area contributed by atoms with Gasteiger partial charge in [0.25, 0.3) is 0 Å². The predicted octanol–water partition coefficient (Wildman–Crippen LogP) is -0.850. The SMILES string of the molecule is CC(O)COc1nc(OCC(C)O)nc(OCC(C)O)n1. The van der Waals surface area contributed by atoms with Crippen LogP contribution in [0.3, 0.4) is 0 Å². The quantitative estimate of drug-likeness (QED) is 0.534. The highest BCUT2D eigenvalue weighted by Crippen LogP contribution is 2.15. The Bertz CT molecular complexity index is 353. The molecule has 0 bridgehead atoms. The van der Waals surface area contributed by atoms with E-state index in [-0.39, 0.29) is 37.9 Å². The summed E-state index contributed by atoms with van der Waals surface area (Å²) in [5, 5.41) is 27.5. The third-order valence-corrected chi connectivity index (χ3v) is 1.93. The number of aliphatic hydroxyl groups is 3. The molecule has 0 radical (unpaired) electrons. The minimum Gasteiger partial charge on any atom is -0.460 e. The number of hydrogen-bond acceptors (Lipinski definition) is 9. The van der Waals surface area contributed by atoms with Crippen LogP contribution in [0.4, 0.5) is 0 Å². The van der Waals surface area contributed by atoms with E-state index < -0.39 is 18.3 Å². The van der Waals surface area contributed by atoms with E-state index in [1.54, 1.807) is 20.8 Å². The van der Waals surface area contributed by atoms with E-state index in [0.29, 0.717) is 0 Å². The van der Waals surface area contributed by atoms with Crippen LogP contribution in [0, 0.1) is 0 Å². The van der Waals surface area contributed by atoms with Gasteiger partial charge in [0.1, 0.15) is 19.8 Å². The number of rotatable bonds is 9. The Hall–Kier alpha value is -1.71. The molecular weight excluding hydrogens is 282 g/mol. The van der Waals surface area contributed by atoms with E-state index in [4.69, 9.17) is 14.2 Å². The van der Waals surface area contributed by atoms with Crippen LogP contribution < -0.4 is 14.2 Å². The molecule has 0 aliphatic heterocycles. The van der Waals surface area contributed by atoms with Gasteiger partial charge >= 0.3 is 18.0 Å². The molecule has 120 valence electrons. The Labute approximate surface area is 122 Å². The second kappa shape index (κ2) is 8.55. The van der Waals surface area contributed by atoms with Crippen LogP contribution in [0.5, 0.6) is 18.0 Å². The summed E-state index contributed by atoms with van der Waals surface area (Å²) in [6.45, 7) is 4.64. The number of hydrogen-bond donors (Lipinski definition) is 3. The van der Waals surface area contributed by atoms with Crippen LogP contribution in [0.25, 0.3) is 0 Å².